The van der Waals surface area contributed by atoms with Crippen molar-refractivity contribution in [2.75, 3.05) is 0 Å². The number of carbonyl (C=O) groups is 1. The van der Waals surface area contributed by atoms with Crippen LogP contribution in [0, 0.1) is 17.8 Å². The molecule has 0 aromatic carbocycles. The molecule has 0 radical (unpaired) electrons. The predicted octanol–water partition coefficient (Wildman–Crippen LogP) is 3.69. The van der Waals surface area contributed by atoms with Gasteiger partial charge >= 0.3 is 6.03 Å². The summed E-state index contributed by atoms with van der Waals surface area (Å²) in [6.45, 7) is 6.87. The maximum atomic E-state index is 12.1. The highest BCUT2D eigenvalue weighted by atomic mass is 16.2. The lowest BCUT2D eigenvalue weighted by Gasteiger charge is -2.38. The summed E-state index contributed by atoms with van der Waals surface area (Å²) in [5.74, 6) is 2.04. The van der Waals surface area contributed by atoms with Crippen molar-refractivity contribution in [2.24, 2.45) is 17.8 Å². The van der Waals surface area contributed by atoms with E-state index in [0.717, 1.165) is 25.2 Å². The molecule has 2 aliphatic rings. The van der Waals surface area contributed by atoms with Gasteiger partial charge in [-0.3, -0.25) is 0 Å². The van der Waals surface area contributed by atoms with Gasteiger partial charge in [-0.15, -0.1) is 0 Å². The minimum absolute atomic E-state index is 0.0663. The second kappa shape index (κ2) is 6.62. The summed E-state index contributed by atoms with van der Waals surface area (Å²) in [4.78, 5) is 12.1. The molecule has 2 amide bonds. The Morgan fingerprint density at radius 1 is 1.05 bits per heavy atom. The van der Waals surface area contributed by atoms with Gasteiger partial charge in [0.25, 0.3) is 0 Å². The van der Waals surface area contributed by atoms with Crippen molar-refractivity contribution in [3.05, 3.63) is 0 Å². The third-order valence-electron chi connectivity index (χ3n) is 5.03. The van der Waals surface area contributed by atoms with Crippen molar-refractivity contribution in [3.63, 3.8) is 0 Å². The number of hydrogen-bond donors (Lipinski definition) is 2. The molecule has 110 valence electrons. The number of urea groups is 1. The van der Waals surface area contributed by atoms with Crippen LogP contribution >= 0.6 is 0 Å². The van der Waals surface area contributed by atoms with E-state index in [0.29, 0.717) is 23.9 Å². The first-order chi connectivity index (χ1) is 9.06. The minimum atomic E-state index is 0.0663. The van der Waals surface area contributed by atoms with Gasteiger partial charge in [0.1, 0.15) is 0 Å². The van der Waals surface area contributed by atoms with Gasteiger partial charge in [-0.25, -0.2) is 4.79 Å². The van der Waals surface area contributed by atoms with Crippen molar-refractivity contribution in [2.45, 2.75) is 77.8 Å². The molecule has 0 saturated heterocycles. The molecule has 2 N–H and O–H groups in total. The van der Waals surface area contributed by atoms with Crippen molar-refractivity contribution >= 4 is 6.03 Å². The summed E-state index contributed by atoms with van der Waals surface area (Å²) in [6, 6.07) is 0.848. The molecule has 3 nitrogen and oxygen atoms in total. The Kier molecular flexibility index (Phi) is 5.12. The summed E-state index contributed by atoms with van der Waals surface area (Å²) >= 11 is 0. The molecule has 3 heteroatoms. The van der Waals surface area contributed by atoms with Crippen molar-refractivity contribution in [1.82, 2.24) is 10.6 Å². The summed E-state index contributed by atoms with van der Waals surface area (Å²) in [5, 5.41) is 6.41. The van der Waals surface area contributed by atoms with Crippen LogP contribution < -0.4 is 10.6 Å². The summed E-state index contributed by atoms with van der Waals surface area (Å²) in [5.41, 5.74) is 0. The molecule has 0 aliphatic heterocycles. The number of nitrogens with one attached hydrogen (secondary N) is 2. The van der Waals surface area contributed by atoms with E-state index >= 15 is 0 Å². The van der Waals surface area contributed by atoms with E-state index in [2.05, 4.69) is 31.4 Å². The van der Waals surface area contributed by atoms with Gasteiger partial charge < -0.3 is 10.6 Å². The van der Waals surface area contributed by atoms with Crippen LogP contribution in [-0.4, -0.2) is 18.1 Å². The highest BCUT2D eigenvalue weighted by Crippen LogP contribution is 2.33. The maximum Gasteiger partial charge on any atom is 0.315 e. The summed E-state index contributed by atoms with van der Waals surface area (Å²) in [6.07, 6.45) is 8.55. The quantitative estimate of drug-likeness (QED) is 0.803. The van der Waals surface area contributed by atoms with Gasteiger partial charge in [-0.2, -0.15) is 0 Å². The fourth-order valence-corrected chi connectivity index (χ4v) is 3.83. The molecule has 0 spiro atoms. The van der Waals surface area contributed by atoms with Crippen molar-refractivity contribution in [3.8, 4) is 0 Å². The first kappa shape index (κ1) is 14.7. The zero-order valence-corrected chi connectivity index (χ0v) is 12.7. The molecule has 2 fully saturated rings. The molecule has 0 aromatic heterocycles. The van der Waals surface area contributed by atoms with E-state index in [4.69, 9.17) is 0 Å². The molecule has 0 bridgehead atoms. The van der Waals surface area contributed by atoms with E-state index in [1.807, 2.05) is 0 Å². The van der Waals surface area contributed by atoms with Crippen LogP contribution in [0.25, 0.3) is 0 Å². The van der Waals surface area contributed by atoms with E-state index in [-0.39, 0.29) is 6.03 Å². The van der Waals surface area contributed by atoms with Gasteiger partial charge in [0.05, 0.1) is 0 Å². The zero-order chi connectivity index (χ0) is 13.8. The Morgan fingerprint density at radius 3 is 2.37 bits per heavy atom. The average Bonchev–Trinajstić information content (AvgIpc) is 2.81. The summed E-state index contributed by atoms with van der Waals surface area (Å²) in [7, 11) is 0. The molecule has 2 aliphatic carbocycles. The molecule has 2 saturated carbocycles. The number of hydrogen-bond acceptors (Lipinski definition) is 1. The van der Waals surface area contributed by atoms with Crippen molar-refractivity contribution < 1.29 is 4.79 Å². The van der Waals surface area contributed by atoms with Crippen LogP contribution in [0.2, 0.25) is 0 Å². The highest BCUT2D eigenvalue weighted by molar-refractivity contribution is 5.74. The normalized spacial score (nSPS) is 32.5. The molecule has 0 aromatic rings. The fraction of sp³-hybridized carbons (Fsp3) is 0.938. The monoisotopic (exact) mass is 266 g/mol. The Morgan fingerprint density at radius 2 is 1.74 bits per heavy atom. The van der Waals surface area contributed by atoms with Gasteiger partial charge in [-0.05, 0) is 43.4 Å². The van der Waals surface area contributed by atoms with Crippen LogP contribution in [-0.2, 0) is 0 Å². The van der Waals surface area contributed by atoms with Crippen LogP contribution in [0.15, 0.2) is 0 Å². The largest absolute Gasteiger partial charge is 0.335 e. The Balaban J connectivity index is 1.85. The van der Waals surface area contributed by atoms with Gasteiger partial charge in [0.15, 0.2) is 0 Å². The minimum Gasteiger partial charge on any atom is -0.335 e. The number of rotatable bonds is 3. The lowest BCUT2D eigenvalue weighted by atomic mass is 9.74. The lowest BCUT2D eigenvalue weighted by Crippen LogP contribution is -2.50. The number of amides is 2. The Bertz CT molecular complexity index is 297. The topological polar surface area (TPSA) is 41.1 Å². The Hall–Kier alpha value is -0.730. The smallest absolute Gasteiger partial charge is 0.315 e. The molecule has 3 atom stereocenters. The van der Waals surface area contributed by atoms with Gasteiger partial charge in [0, 0.05) is 12.1 Å². The summed E-state index contributed by atoms with van der Waals surface area (Å²) < 4.78 is 0. The van der Waals surface area contributed by atoms with Gasteiger partial charge in [-0.1, -0.05) is 40.0 Å². The second-order valence-corrected chi connectivity index (χ2v) is 7.03. The highest BCUT2D eigenvalue weighted by Gasteiger charge is 2.32. The maximum absolute atomic E-state index is 12.1. The SMILES string of the molecule is CC(C)[C@@H]1CC[C@@H](C)C[C@@H]1NC(=O)NC1CCCC1. The fourth-order valence-electron chi connectivity index (χ4n) is 3.83. The van der Waals surface area contributed by atoms with E-state index in [1.54, 1.807) is 0 Å². The lowest BCUT2D eigenvalue weighted by molar-refractivity contribution is 0.167. The average molecular weight is 266 g/mol. The van der Waals surface area contributed by atoms with Crippen LogP contribution in [0.1, 0.15) is 65.7 Å². The standard InChI is InChI=1S/C16H30N2O/c1-11(2)14-9-8-12(3)10-15(14)18-16(19)17-13-6-4-5-7-13/h11-15H,4-10H2,1-3H3,(H2,17,18,19)/t12-,14+,15+/m1/s1. The van der Waals surface area contributed by atoms with E-state index < -0.39 is 0 Å². The second-order valence-electron chi connectivity index (χ2n) is 7.03. The van der Waals surface area contributed by atoms with E-state index in [1.165, 1.54) is 25.7 Å². The van der Waals surface area contributed by atoms with Gasteiger partial charge in [0.2, 0.25) is 0 Å². The predicted molar refractivity (Wildman–Crippen MR) is 79.1 cm³/mol. The van der Waals surface area contributed by atoms with Crippen molar-refractivity contribution in [1.29, 1.82) is 0 Å². The third kappa shape index (κ3) is 4.12. The molecule has 0 unspecified atom stereocenters. The first-order valence-electron chi connectivity index (χ1n) is 8.13. The molecular weight excluding hydrogens is 236 g/mol. The van der Waals surface area contributed by atoms with E-state index in [9.17, 15) is 4.79 Å². The Labute approximate surface area is 117 Å². The zero-order valence-electron chi connectivity index (χ0n) is 12.7. The number of carbonyl (C=O) groups excluding carboxylic acids is 1. The third-order valence-corrected chi connectivity index (χ3v) is 5.03. The molecule has 0 heterocycles. The molecule has 19 heavy (non-hydrogen) atoms. The van der Waals surface area contributed by atoms with Crippen LogP contribution in [0.4, 0.5) is 4.79 Å². The first-order valence-corrected chi connectivity index (χ1v) is 8.13. The van der Waals surface area contributed by atoms with Crippen LogP contribution in [0.5, 0.6) is 0 Å². The molecular formula is C16H30N2O. The van der Waals surface area contributed by atoms with Crippen LogP contribution in [0.3, 0.4) is 0 Å². The molecule has 2 rings (SSSR count).